The topological polar surface area (TPSA) is 74.4 Å². The summed E-state index contributed by atoms with van der Waals surface area (Å²) in [6.07, 6.45) is 7.97. The highest BCUT2D eigenvalue weighted by atomic mass is 32.2. The van der Waals surface area contributed by atoms with Crippen LogP contribution < -0.4 is 5.56 Å². The van der Waals surface area contributed by atoms with E-state index < -0.39 is 0 Å². The first-order valence-corrected chi connectivity index (χ1v) is 11.7. The van der Waals surface area contributed by atoms with Gasteiger partial charge in [-0.2, -0.15) is 5.10 Å². The van der Waals surface area contributed by atoms with Crippen LogP contribution in [0.1, 0.15) is 56.0 Å². The molecule has 0 bridgehead atoms. The predicted molar refractivity (Wildman–Crippen MR) is 118 cm³/mol. The number of rotatable bonds is 7. The van der Waals surface area contributed by atoms with Crippen molar-refractivity contribution < 1.29 is 4.39 Å². The smallest absolute Gasteiger partial charge is 0.254 e. The van der Waals surface area contributed by atoms with Crippen molar-refractivity contribution in [3.05, 3.63) is 63.5 Å². The summed E-state index contributed by atoms with van der Waals surface area (Å²) in [4.78, 5) is 20.4. The van der Waals surface area contributed by atoms with E-state index in [0.29, 0.717) is 23.2 Å². The Morgan fingerprint density at radius 2 is 1.93 bits per heavy atom. The lowest BCUT2D eigenvalue weighted by molar-refractivity contribution is 0.352. The number of aromatic nitrogens is 4. The fourth-order valence-corrected chi connectivity index (χ4v) is 4.92. The van der Waals surface area contributed by atoms with Crippen LogP contribution >= 0.6 is 11.8 Å². The highest BCUT2D eigenvalue weighted by molar-refractivity contribution is 7.98. The molecule has 0 saturated heterocycles. The number of hydrogen-bond donors (Lipinski definition) is 2. The zero-order valence-corrected chi connectivity index (χ0v) is 18.0. The molecule has 7 heteroatoms. The van der Waals surface area contributed by atoms with Gasteiger partial charge in [0.15, 0.2) is 5.16 Å². The van der Waals surface area contributed by atoms with Gasteiger partial charge in [-0.05, 0) is 49.1 Å². The quantitative estimate of drug-likeness (QED) is 0.398. The Balaban J connectivity index is 1.46. The maximum Gasteiger partial charge on any atom is 0.254 e. The van der Waals surface area contributed by atoms with Crippen LogP contribution in [0.5, 0.6) is 0 Å². The Morgan fingerprint density at radius 1 is 1.17 bits per heavy atom. The third-order valence-corrected chi connectivity index (χ3v) is 6.70. The summed E-state index contributed by atoms with van der Waals surface area (Å²) < 4.78 is 13.1. The van der Waals surface area contributed by atoms with Crippen LogP contribution in [0.3, 0.4) is 0 Å². The normalized spacial score (nSPS) is 14.9. The number of thioether (sulfide) groups is 1. The second-order valence-corrected chi connectivity index (χ2v) is 8.90. The molecule has 0 radical (unpaired) electrons. The van der Waals surface area contributed by atoms with E-state index in [-0.39, 0.29) is 11.4 Å². The first kappa shape index (κ1) is 20.8. The van der Waals surface area contributed by atoms with Crippen molar-refractivity contribution in [1.29, 1.82) is 0 Å². The monoisotopic (exact) mass is 426 g/mol. The van der Waals surface area contributed by atoms with Crippen molar-refractivity contribution in [2.75, 3.05) is 0 Å². The Labute approximate surface area is 179 Å². The first-order chi connectivity index (χ1) is 14.6. The van der Waals surface area contributed by atoms with E-state index in [2.05, 4.69) is 15.2 Å². The van der Waals surface area contributed by atoms with Crippen molar-refractivity contribution in [3.63, 3.8) is 0 Å². The van der Waals surface area contributed by atoms with Gasteiger partial charge in [-0.15, -0.1) is 0 Å². The number of halogens is 1. The van der Waals surface area contributed by atoms with Crippen molar-refractivity contribution in [3.8, 4) is 11.3 Å². The zero-order chi connectivity index (χ0) is 20.9. The summed E-state index contributed by atoms with van der Waals surface area (Å²) in [7, 11) is 0. The van der Waals surface area contributed by atoms with Gasteiger partial charge in [0.2, 0.25) is 0 Å². The van der Waals surface area contributed by atoms with Gasteiger partial charge in [0.1, 0.15) is 5.82 Å². The summed E-state index contributed by atoms with van der Waals surface area (Å²) in [5, 5.41) is 7.99. The molecule has 1 aromatic carbocycles. The lowest BCUT2D eigenvalue weighted by Gasteiger charge is -2.22. The van der Waals surface area contributed by atoms with E-state index in [4.69, 9.17) is 4.98 Å². The van der Waals surface area contributed by atoms with Gasteiger partial charge in [0, 0.05) is 22.6 Å². The fraction of sp³-hybridized carbons (Fsp3) is 0.435. The first-order valence-electron chi connectivity index (χ1n) is 10.7. The van der Waals surface area contributed by atoms with Gasteiger partial charge in [-0.3, -0.25) is 9.89 Å². The molecule has 1 saturated carbocycles. The minimum absolute atomic E-state index is 0.0163. The lowest BCUT2D eigenvalue weighted by atomic mass is 9.85. The number of nitrogens with zero attached hydrogens (tertiary/aromatic N) is 2. The van der Waals surface area contributed by atoms with Crippen LogP contribution in [-0.2, 0) is 18.6 Å². The Hall–Kier alpha value is -2.41. The molecule has 0 amide bonds. The molecule has 0 atom stereocenters. The van der Waals surface area contributed by atoms with Gasteiger partial charge in [0.25, 0.3) is 5.56 Å². The van der Waals surface area contributed by atoms with Crippen LogP contribution in [0.2, 0.25) is 0 Å². The highest BCUT2D eigenvalue weighted by Crippen LogP contribution is 2.28. The lowest BCUT2D eigenvalue weighted by Crippen LogP contribution is -2.21. The molecule has 2 aromatic heterocycles. The molecule has 1 aliphatic rings. The highest BCUT2D eigenvalue weighted by Gasteiger charge is 2.18. The Bertz CT molecular complexity index is 1040. The van der Waals surface area contributed by atoms with E-state index in [1.54, 1.807) is 12.1 Å². The van der Waals surface area contributed by atoms with Crippen molar-refractivity contribution in [2.24, 2.45) is 5.92 Å². The molecule has 0 aliphatic heterocycles. The SMILES string of the molecule is CCc1c(CC2CCCCC2)nc(SCc2cc(-c3ccc(F)cc3)n[nH]2)[nH]c1=O. The molecule has 5 nitrogen and oxygen atoms in total. The summed E-state index contributed by atoms with van der Waals surface area (Å²) in [6.45, 7) is 2.02. The second kappa shape index (κ2) is 9.60. The number of nitrogens with one attached hydrogen (secondary N) is 2. The summed E-state index contributed by atoms with van der Waals surface area (Å²) in [5.41, 5.74) is 4.33. The zero-order valence-electron chi connectivity index (χ0n) is 17.2. The molecule has 3 aromatic rings. The van der Waals surface area contributed by atoms with Crippen molar-refractivity contribution in [2.45, 2.75) is 62.8 Å². The van der Waals surface area contributed by atoms with Gasteiger partial charge in [-0.25, -0.2) is 9.37 Å². The molecular weight excluding hydrogens is 399 g/mol. The number of hydrogen-bond acceptors (Lipinski definition) is 4. The molecule has 0 spiro atoms. The van der Waals surface area contributed by atoms with E-state index in [1.807, 2.05) is 13.0 Å². The van der Waals surface area contributed by atoms with Crippen LogP contribution in [0.4, 0.5) is 4.39 Å². The Kier molecular flexibility index (Phi) is 6.67. The fourth-order valence-electron chi connectivity index (χ4n) is 4.14. The minimum atomic E-state index is -0.264. The molecular formula is C23H27FN4OS. The van der Waals surface area contributed by atoms with E-state index >= 15 is 0 Å². The average molecular weight is 427 g/mol. The summed E-state index contributed by atoms with van der Waals surface area (Å²) >= 11 is 1.50. The van der Waals surface area contributed by atoms with E-state index in [9.17, 15) is 9.18 Å². The molecule has 1 aliphatic carbocycles. The van der Waals surface area contributed by atoms with Gasteiger partial charge in [0.05, 0.1) is 11.4 Å². The van der Waals surface area contributed by atoms with E-state index in [0.717, 1.165) is 34.6 Å². The van der Waals surface area contributed by atoms with Gasteiger partial charge >= 0.3 is 0 Å². The molecule has 158 valence electrons. The molecule has 1 fully saturated rings. The number of aromatic amines is 2. The average Bonchev–Trinajstić information content (AvgIpc) is 3.22. The molecule has 2 heterocycles. The maximum absolute atomic E-state index is 13.1. The van der Waals surface area contributed by atoms with Crippen LogP contribution in [-0.4, -0.2) is 20.2 Å². The van der Waals surface area contributed by atoms with Crippen LogP contribution in [0.15, 0.2) is 40.3 Å². The largest absolute Gasteiger partial charge is 0.301 e. The summed E-state index contributed by atoms with van der Waals surface area (Å²) in [5.74, 6) is 0.993. The minimum Gasteiger partial charge on any atom is -0.301 e. The molecule has 2 N–H and O–H groups in total. The van der Waals surface area contributed by atoms with Crippen molar-refractivity contribution >= 4 is 11.8 Å². The molecule has 4 rings (SSSR count). The second-order valence-electron chi connectivity index (χ2n) is 7.93. The van der Waals surface area contributed by atoms with Gasteiger partial charge < -0.3 is 4.98 Å². The third-order valence-electron chi connectivity index (χ3n) is 5.78. The van der Waals surface area contributed by atoms with Gasteiger partial charge in [-0.1, -0.05) is 50.8 Å². The Morgan fingerprint density at radius 3 is 2.67 bits per heavy atom. The number of H-pyrrole nitrogens is 2. The number of benzene rings is 1. The maximum atomic E-state index is 13.1. The molecule has 30 heavy (non-hydrogen) atoms. The van der Waals surface area contributed by atoms with Crippen LogP contribution in [0, 0.1) is 11.7 Å². The molecule has 0 unspecified atom stereocenters. The van der Waals surface area contributed by atoms with Crippen molar-refractivity contribution in [1.82, 2.24) is 20.2 Å². The third kappa shape index (κ3) is 5.01. The standard InChI is InChI=1S/C23H27FN4OS/c1-2-19-21(12-15-6-4-3-5-7-15)25-23(26-22(19)29)30-14-18-13-20(28-27-18)16-8-10-17(24)11-9-16/h8-11,13,15H,2-7,12,14H2,1H3,(H,27,28)(H,25,26,29). The summed E-state index contributed by atoms with van der Waals surface area (Å²) in [6, 6.07) is 8.22. The van der Waals surface area contributed by atoms with Crippen LogP contribution in [0.25, 0.3) is 11.3 Å². The van der Waals surface area contributed by atoms with E-state index in [1.165, 1.54) is 56.0 Å². The predicted octanol–water partition coefficient (Wildman–Crippen LogP) is 5.28.